The first-order valence-electron chi connectivity index (χ1n) is 5.48. The SMILES string of the molecule is Cc1occc1C(=O)NC(CC(=O)O)C(C)C. The molecule has 1 aromatic rings. The lowest BCUT2D eigenvalue weighted by atomic mass is 10.0. The van der Waals surface area contributed by atoms with Crippen molar-refractivity contribution in [2.75, 3.05) is 0 Å². The van der Waals surface area contributed by atoms with E-state index in [4.69, 9.17) is 9.52 Å². The van der Waals surface area contributed by atoms with Gasteiger partial charge in [0.05, 0.1) is 18.2 Å². The van der Waals surface area contributed by atoms with E-state index >= 15 is 0 Å². The van der Waals surface area contributed by atoms with Crippen molar-refractivity contribution in [1.82, 2.24) is 5.32 Å². The van der Waals surface area contributed by atoms with E-state index in [1.165, 1.54) is 6.26 Å². The van der Waals surface area contributed by atoms with Crippen LogP contribution in [0.4, 0.5) is 0 Å². The Balaban J connectivity index is 2.71. The van der Waals surface area contributed by atoms with Gasteiger partial charge in [0.1, 0.15) is 5.76 Å². The van der Waals surface area contributed by atoms with Gasteiger partial charge in [-0.2, -0.15) is 0 Å². The Kier molecular flexibility index (Phi) is 4.31. The lowest BCUT2D eigenvalue weighted by Crippen LogP contribution is -2.40. The molecule has 1 unspecified atom stereocenters. The average molecular weight is 239 g/mol. The highest BCUT2D eigenvalue weighted by Crippen LogP contribution is 2.11. The number of aryl methyl sites for hydroxylation is 1. The number of furan rings is 1. The summed E-state index contributed by atoms with van der Waals surface area (Å²) in [5.41, 5.74) is 0.445. The molecule has 0 aromatic carbocycles. The van der Waals surface area contributed by atoms with Gasteiger partial charge in [0, 0.05) is 6.04 Å². The van der Waals surface area contributed by atoms with Gasteiger partial charge in [-0.3, -0.25) is 9.59 Å². The summed E-state index contributed by atoms with van der Waals surface area (Å²) < 4.78 is 5.03. The maximum atomic E-state index is 11.9. The van der Waals surface area contributed by atoms with Crippen LogP contribution in [-0.2, 0) is 4.79 Å². The van der Waals surface area contributed by atoms with Crippen molar-refractivity contribution in [3.8, 4) is 0 Å². The quantitative estimate of drug-likeness (QED) is 0.821. The molecule has 0 saturated carbocycles. The van der Waals surface area contributed by atoms with E-state index < -0.39 is 5.97 Å². The van der Waals surface area contributed by atoms with Gasteiger partial charge in [0.15, 0.2) is 0 Å². The van der Waals surface area contributed by atoms with Crippen LogP contribution >= 0.6 is 0 Å². The molecule has 0 bridgehead atoms. The van der Waals surface area contributed by atoms with Crippen LogP contribution in [0.25, 0.3) is 0 Å². The van der Waals surface area contributed by atoms with Crippen LogP contribution in [0.2, 0.25) is 0 Å². The summed E-state index contributed by atoms with van der Waals surface area (Å²) in [6, 6.07) is 1.19. The number of carbonyl (C=O) groups excluding carboxylic acids is 1. The molecule has 1 rings (SSSR count). The van der Waals surface area contributed by atoms with Crippen molar-refractivity contribution < 1.29 is 19.1 Å². The predicted molar refractivity (Wildman–Crippen MR) is 61.8 cm³/mol. The molecule has 0 spiro atoms. The van der Waals surface area contributed by atoms with Crippen molar-refractivity contribution in [3.05, 3.63) is 23.7 Å². The maximum Gasteiger partial charge on any atom is 0.305 e. The maximum absolute atomic E-state index is 11.9. The monoisotopic (exact) mass is 239 g/mol. The molecule has 2 N–H and O–H groups in total. The molecule has 0 fully saturated rings. The Hall–Kier alpha value is -1.78. The molecule has 0 saturated heterocycles. The number of amides is 1. The van der Waals surface area contributed by atoms with E-state index in [1.807, 2.05) is 13.8 Å². The second kappa shape index (κ2) is 5.52. The zero-order chi connectivity index (χ0) is 13.0. The van der Waals surface area contributed by atoms with Gasteiger partial charge in [-0.05, 0) is 18.9 Å². The third kappa shape index (κ3) is 3.62. The molecule has 94 valence electrons. The summed E-state index contributed by atoms with van der Waals surface area (Å²) in [5.74, 6) is -0.633. The standard InChI is InChI=1S/C12H17NO4/c1-7(2)10(6-11(14)15)13-12(16)9-4-5-17-8(9)3/h4-5,7,10H,6H2,1-3H3,(H,13,16)(H,14,15). The third-order valence-electron chi connectivity index (χ3n) is 2.62. The molecular weight excluding hydrogens is 222 g/mol. The number of hydrogen-bond donors (Lipinski definition) is 2. The normalized spacial score (nSPS) is 12.5. The van der Waals surface area contributed by atoms with Crippen LogP contribution < -0.4 is 5.32 Å². The van der Waals surface area contributed by atoms with Crippen LogP contribution in [0.1, 0.15) is 36.4 Å². The molecule has 0 aliphatic heterocycles. The van der Waals surface area contributed by atoms with Crippen molar-refractivity contribution >= 4 is 11.9 Å². The summed E-state index contributed by atoms with van der Waals surface area (Å²) in [7, 11) is 0. The fourth-order valence-electron chi connectivity index (χ4n) is 1.51. The summed E-state index contributed by atoms with van der Waals surface area (Å²) in [5, 5.41) is 11.5. The van der Waals surface area contributed by atoms with E-state index in [9.17, 15) is 9.59 Å². The summed E-state index contributed by atoms with van der Waals surface area (Å²) in [6.07, 6.45) is 1.35. The van der Waals surface area contributed by atoms with E-state index in [2.05, 4.69) is 5.32 Å². The third-order valence-corrected chi connectivity index (χ3v) is 2.62. The van der Waals surface area contributed by atoms with E-state index in [-0.39, 0.29) is 24.3 Å². The molecule has 0 aliphatic rings. The van der Waals surface area contributed by atoms with Gasteiger partial charge in [-0.25, -0.2) is 0 Å². The highest BCUT2D eigenvalue weighted by Gasteiger charge is 2.21. The number of carbonyl (C=O) groups is 2. The lowest BCUT2D eigenvalue weighted by Gasteiger charge is -2.20. The largest absolute Gasteiger partial charge is 0.481 e. The van der Waals surface area contributed by atoms with Crippen molar-refractivity contribution in [2.24, 2.45) is 5.92 Å². The first-order chi connectivity index (χ1) is 7.91. The second-order valence-corrected chi connectivity index (χ2v) is 4.31. The molecule has 1 atom stereocenters. The number of aliphatic carboxylic acids is 1. The fraction of sp³-hybridized carbons (Fsp3) is 0.500. The zero-order valence-corrected chi connectivity index (χ0v) is 10.2. The molecule has 1 amide bonds. The summed E-state index contributed by atoms with van der Waals surface area (Å²) in [4.78, 5) is 22.5. The van der Waals surface area contributed by atoms with Crippen molar-refractivity contribution in [1.29, 1.82) is 0 Å². The molecule has 1 aromatic heterocycles. The van der Waals surface area contributed by atoms with Crippen LogP contribution in [-0.4, -0.2) is 23.0 Å². The van der Waals surface area contributed by atoms with E-state index in [0.717, 1.165) is 0 Å². The molecular formula is C12H17NO4. The topological polar surface area (TPSA) is 79.5 Å². The van der Waals surface area contributed by atoms with Crippen LogP contribution in [0.5, 0.6) is 0 Å². The van der Waals surface area contributed by atoms with E-state index in [0.29, 0.717) is 11.3 Å². The Morgan fingerprint density at radius 2 is 2.12 bits per heavy atom. The lowest BCUT2D eigenvalue weighted by molar-refractivity contribution is -0.137. The molecule has 5 heteroatoms. The minimum atomic E-state index is -0.923. The predicted octanol–water partition coefficient (Wildman–Crippen LogP) is 1.82. The van der Waals surface area contributed by atoms with Gasteiger partial charge in [-0.15, -0.1) is 0 Å². The van der Waals surface area contributed by atoms with Gasteiger partial charge in [0.25, 0.3) is 5.91 Å². The van der Waals surface area contributed by atoms with Gasteiger partial charge >= 0.3 is 5.97 Å². The van der Waals surface area contributed by atoms with Gasteiger partial charge in [0.2, 0.25) is 0 Å². The Labute approximate surface area is 99.8 Å². The smallest absolute Gasteiger partial charge is 0.305 e. The summed E-state index contributed by atoms with van der Waals surface area (Å²) in [6.45, 7) is 5.43. The van der Waals surface area contributed by atoms with Crippen molar-refractivity contribution in [3.63, 3.8) is 0 Å². The fourth-order valence-corrected chi connectivity index (χ4v) is 1.51. The molecule has 0 radical (unpaired) electrons. The number of carboxylic acid groups (broad SMARTS) is 1. The van der Waals surface area contributed by atoms with Crippen LogP contribution in [0, 0.1) is 12.8 Å². The number of carboxylic acids is 1. The highest BCUT2D eigenvalue weighted by atomic mass is 16.4. The second-order valence-electron chi connectivity index (χ2n) is 4.31. The van der Waals surface area contributed by atoms with E-state index in [1.54, 1.807) is 13.0 Å². The van der Waals surface area contributed by atoms with Crippen LogP contribution in [0.3, 0.4) is 0 Å². The first-order valence-corrected chi connectivity index (χ1v) is 5.48. The molecule has 1 heterocycles. The van der Waals surface area contributed by atoms with Gasteiger partial charge < -0.3 is 14.8 Å². The Morgan fingerprint density at radius 3 is 2.53 bits per heavy atom. The number of nitrogens with one attached hydrogen (secondary N) is 1. The molecule has 17 heavy (non-hydrogen) atoms. The van der Waals surface area contributed by atoms with Crippen molar-refractivity contribution in [2.45, 2.75) is 33.2 Å². The highest BCUT2D eigenvalue weighted by molar-refractivity contribution is 5.95. The summed E-state index contributed by atoms with van der Waals surface area (Å²) >= 11 is 0. The average Bonchev–Trinajstić information content (AvgIpc) is 2.62. The Bertz CT molecular complexity index is 408. The Morgan fingerprint density at radius 1 is 1.47 bits per heavy atom. The first kappa shape index (κ1) is 13.3. The number of rotatable bonds is 5. The zero-order valence-electron chi connectivity index (χ0n) is 10.2. The molecule has 0 aliphatic carbocycles. The minimum absolute atomic E-state index is 0.0576. The van der Waals surface area contributed by atoms with Gasteiger partial charge in [-0.1, -0.05) is 13.8 Å². The molecule has 5 nitrogen and oxygen atoms in total. The minimum Gasteiger partial charge on any atom is -0.481 e. The number of hydrogen-bond acceptors (Lipinski definition) is 3. The van der Waals surface area contributed by atoms with Crippen LogP contribution in [0.15, 0.2) is 16.7 Å².